The van der Waals surface area contributed by atoms with Crippen LogP contribution in [0.15, 0.2) is 58.2 Å². The number of aliphatic hydroxyl groups excluding tert-OH is 1. The summed E-state index contributed by atoms with van der Waals surface area (Å²) in [6, 6.07) is 15.7. The molecule has 0 bridgehead atoms. The van der Waals surface area contributed by atoms with E-state index in [0.29, 0.717) is 5.22 Å². The molecule has 4 heteroatoms. The van der Waals surface area contributed by atoms with Crippen molar-refractivity contribution in [3.63, 3.8) is 0 Å². The molecule has 0 aliphatic rings. The lowest BCUT2D eigenvalue weighted by molar-refractivity contribution is 0.350. The van der Waals surface area contributed by atoms with Gasteiger partial charge in [-0.05, 0) is 29.8 Å². The van der Waals surface area contributed by atoms with E-state index in [2.05, 4.69) is 16.8 Å². The van der Waals surface area contributed by atoms with Gasteiger partial charge in [0.15, 0.2) is 5.58 Å². The van der Waals surface area contributed by atoms with Crippen LogP contribution in [0.5, 0.6) is 0 Å². The number of para-hydroxylation sites is 2. The van der Waals surface area contributed by atoms with Crippen molar-refractivity contribution < 1.29 is 9.52 Å². The topological polar surface area (TPSA) is 46.3 Å². The van der Waals surface area contributed by atoms with Gasteiger partial charge in [0, 0.05) is 11.3 Å². The zero-order valence-electron chi connectivity index (χ0n) is 11.2. The Bertz CT molecular complexity index is 764. The maximum atomic E-state index is 8.66. The van der Waals surface area contributed by atoms with Crippen molar-refractivity contribution in [1.82, 2.24) is 4.98 Å². The molecule has 104 valence electrons. The quantitative estimate of drug-likeness (QED) is 0.594. The Kier molecular flexibility index (Phi) is 4.25. The monoisotopic (exact) mass is 295 g/mol. The first-order valence-electron chi connectivity index (χ1n) is 6.52. The SMILES string of the molecule is OCC#Cc1ccc(CSc2nc3ccccc3o2)cc1. The number of rotatable bonds is 3. The summed E-state index contributed by atoms with van der Waals surface area (Å²) in [5.41, 5.74) is 3.78. The average Bonchev–Trinajstić information content (AvgIpc) is 2.95. The summed E-state index contributed by atoms with van der Waals surface area (Å²) >= 11 is 1.57. The molecule has 0 aliphatic heterocycles. The van der Waals surface area contributed by atoms with Gasteiger partial charge in [0.25, 0.3) is 5.22 Å². The van der Waals surface area contributed by atoms with Crippen molar-refractivity contribution >= 4 is 22.9 Å². The number of oxazole rings is 1. The fourth-order valence-corrected chi connectivity index (χ4v) is 2.68. The minimum absolute atomic E-state index is 0.116. The van der Waals surface area contributed by atoms with E-state index in [1.807, 2.05) is 48.5 Å². The van der Waals surface area contributed by atoms with Crippen LogP contribution in [0.25, 0.3) is 11.1 Å². The van der Waals surface area contributed by atoms with Gasteiger partial charge in [0.05, 0.1) is 0 Å². The van der Waals surface area contributed by atoms with Crippen LogP contribution in [0, 0.1) is 11.8 Å². The van der Waals surface area contributed by atoms with Gasteiger partial charge in [-0.25, -0.2) is 4.98 Å². The minimum atomic E-state index is -0.116. The zero-order valence-corrected chi connectivity index (χ0v) is 12.1. The van der Waals surface area contributed by atoms with Gasteiger partial charge in [0.1, 0.15) is 12.1 Å². The molecule has 0 spiro atoms. The summed E-state index contributed by atoms with van der Waals surface area (Å²) < 4.78 is 5.67. The largest absolute Gasteiger partial charge is 0.431 e. The van der Waals surface area contributed by atoms with E-state index in [1.165, 1.54) is 5.56 Å². The third-order valence-electron chi connectivity index (χ3n) is 2.90. The second-order valence-corrected chi connectivity index (χ2v) is 5.32. The van der Waals surface area contributed by atoms with E-state index < -0.39 is 0 Å². The van der Waals surface area contributed by atoms with E-state index in [0.717, 1.165) is 22.4 Å². The number of nitrogens with zero attached hydrogens (tertiary/aromatic N) is 1. The lowest BCUT2D eigenvalue weighted by atomic mass is 10.1. The molecule has 0 saturated heterocycles. The molecule has 0 fully saturated rings. The molecule has 0 saturated carbocycles. The third-order valence-corrected chi connectivity index (χ3v) is 3.80. The predicted octanol–water partition coefficient (Wildman–Crippen LogP) is 3.46. The number of benzene rings is 2. The Hall–Kier alpha value is -2.22. The fourth-order valence-electron chi connectivity index (χ4n) is 1.88. The van der Waals surface area contributed by atoms with Crippen molar-refractivity contribution in [3.05, 3.63) is 59.7 Å². The fraction of sp³-hybridized carbons (Fsp3) is 0.118. The Morgan fingerprint density at radius 2 is 1.90 bits per heavy atom. The molecule has 3 nitrogen and oxygen atoms in total. The van der Waals surface area contributed by atoms with Crippen molar-refractivity contribution in [2.45, 2.75) is 11.0 Å². The van der Waals surface area contributed by atoms with Crippen LogP contribution < -0.4 is 0 Å². The van der Waals surface area contributed by atoms with Crippen LogP contribution in [0.4, 0.5) is 0 Å². The standard InChI is InChI=1S/C17H13NO2S/c19-11-3-4-13-7-9-14(10-8-13)12-21-17-18-15-5-1-2-6-16(15)20-17/h1-2,5-10,19H,11-12H2. The lowest BCUT2D eigenvalue weighted by Gasteiger charge is -1.98. The first kappa shape index (κ1) is 13.7. The van der Waals surface area contributed by atoms with Crippen LogP contribution >= 0.6 is 11.8 Å². The third kappa shape index (κ3) is 3.46. The van der Waals surface area contributed by atoms with Gasteiger partial charge in [-0.2, -0.15) is 0 Å². The Morgan fingerprint density at radius 1 is 1.10 bits per heavy atom. The van der Waals surface area contributed by atoms with Crippen LogP contribution in [0.1, 0.15) is 11.1 Å². The average molecular weight is 295 g/mol. The number of hydrogen-bond donors (Lipinski definition) is 1. The highest BCUT2D eigenvalue weighted by molar-refractivity contribution is 7.98. The normalized spacial score (nSPS) is 10.3. The van der Waals surface area contributed by atoms with Gasteiger partial charge in [-0.3, -0.25) is 0 Å². The number of aromatic nitrogens is 1. The summed E-state index contributed by atoms with van der Waals surface area (Å²) in [5.74, 6) is 6.30. The minimum Gasteiger partial charge on any atom is -0.431 e. The summed E-state index contributed by atoms with van der Waals surface area (Å²) in [6.45, 7) is -0.116. The summed E-state index contributed by atoms with van der Waals surface area (Å²) in [7, 11) is 0. The van der Waals surface area contributed by atoms with Gasteiger partial charge in [-0.1, -0.05) is 47.9 Å². The number of hydrogen-bond acceptors (Lipinski definition) is 4. The molecule has 0 radical (unpaired) electrons. The number of fused-ring (bicyclic) bond motifs is 1. The molecule has 0 amide bonds. The first-order chi connectivity index (χ1) is 10.3. The molecule has 2 aromatic carbocycles. The molecule has 0 unspecified atom stereocenters. The second kappa shape index (κ2) is 6.49. The van der Waals surface area contributed by atoms with Crippen LogP contribution in [-0.4, -0.2) is 16.7 Å². The molecule has 21 heavy (non-hydrogen) atoms. The summed E-state index contributed by atoms with van der Waals surface area (Å²) in [6.07, 6.45) is 0. The predicted molar refractivity (Wildman–Crippen MR) is 84.0 cm³/mol. The maximum Gasteiger partial charge on any atom is 0.257 e. The summed E-state index contributed by atoms with van der Waals surface area (Å²) in [4.78, 5) is 4.43. The molecule has 3 rings (SSSR count). The van der Waals surface area contributed by atoms with E-state index in [1.54, 1.807) is 11.8 Å². The molecule has 3 aromatic rings. The Labute approximate surface area is 127 Å². The van der Waals surface area contributed by atoms with E-state index in [-0.39, 0.29) is 6.61 Å². The zero-order chi connectivity index (χ0) is 14.5. The van der Waals surface area contributed by atoms with E-state index in [4.69, 9.17) is 9.52 Å². The van der Waals surface area contributed by atoms with Crippen molar-refractivity contribution in [2.75, 3.05) is 6.61 Å². The van der Waals surface area contributed by atoms with Crippen LogP contribution in [-0.2, 0) is 5.75 Å². The second-order valence-electron chi connectivity index (χ2n) is 4.39. The van der Waals surface area contributed by atoms with Gasteiger partial charge in [-0.15, -0.1) is 0 Å². The van der Waals surface area contributed by atoms with Crippen LogP contribution in [0.3, 0.4) is 0 Å². The van der Waals surface area contributed by atoms with Crippen molar-refractivity contribution in [3.8, 4) is 11.8 Å². The molecule has 1 heterocycles. The lowest BCUT2D eigenvalue weighted by Crippen LogP contribution is -1.82. The number of thioether (sulfide) groups is 1. The molecule has 0 atom stereocenters. The Morgan fingerprint density at radius 3 is 2.67 bits per heavy atom. The molecular formula is C17H13NO2S. The molecule has 1 N–H and O–H groups in total. The highest BCUT2D eigenvalue weighted by Crippen LogP contribution is 2.26. The van der Waals surface area contributed by atoms with Crippen molar-refractivity contribution in [2.24, 2.45) is 0 Å². The number of aliphatic hydroxyl groups is 1. The molecule has 0 aliphatic carbocycles. The van der Waals surface area contributed by atoms with E-state index >= 15 is 0 Å². The van der Waals surface area contributed by atoms with Gasteiger partial charge < -0.3 is 9.52 Å². The Balaban J connectivity index is 1.66. The van der Waals surface area contributed by atoms with Gasteiger partial charge in [0.2, 0.25) is 0 Å². The molecular weight excluding hydrogens is 282 g/mol. The maximum absolute atomic E-state index is 8.66. The summed E-state index contributed by atoms with van der Waals surface area (Å²) in [5, 5.41) is 9.34. The van der Waals surface area contributed by atoms with Crippen LogP contribution in [0.2, 0.25) is 0 Å². The first-order valence-corrected chi connectivity index (χ1v) is 7.51. The smallest absolute Gasteiger partial charge is 0.257 e. The molecule has 1 aromatic heterocycles. The highest BCUT2D eigenvalue weighted by Gasteiger charge is 2.05. The van der Waals surface area contributed by atoms with E-state index in [9.17, 15) is 0 Å². The van der Waals surface area contributed by atoms with Crippen molar-refractivity contribution in [1.29, 1.82) is 0 Å². The highest BCUT2D eigenvalue weighted by atomic mass is 32.2. The van der Waals surface area contributed by atoms with Gasteiger partial charge >= 0.3 is 0 Å².